The second-order valence-electron chi connectivity index (χ2n) is 20.0. The molecule has 18 N–H and O–H groups in total. The molecule has 0 heterocycles. The second kappa shape index (κ2) is 33.4. The molecule has 0 saturated heterocycles. The van der Waals surface area contributed by atoms with E-state index in [1.165, 1.54) is 79.7 Å². The number of aromatic hydroxyl groups is 3. The third-order valence-electron chi connectivity index (χ3n) is 13.2. The number of rotatable bonds is 33. The first-order chi connectivity index (χ1) is 40.3. The summed E-state index contributed by atoms with van der Waals surface area (Å²) in [5, 5.41) is 90.8. The molecule has 9 amide bonds. The van der Waals surface area contributed by atoms with Gasteiger partial charge in [-0.3, -0.25) is 47.9 Å². The van der Waals surface area contributed by atoms with Crippen LogP contribution in [0.25, 0.3) is 0 Å². The van der Waals surface area contributed by atoms with Crippen LogP contribution in [0.5, 0.6) is 17.2 Å². The first-order valence-electron chi connectivity index (χ1n) is 26.8. The van der Waals surface area contributed by atoms with Crippen LogP contribution in [-0.4, -0.2) is 175 Å². The van der Waals surface area contributed by atoms with Crippen molar-refractivity contribution in [3.63, 3.8) is 0 Å². The zero-order valence-electron chi connectivity index (χ0n) is 46.7. The summed E-state index contributed by atoms with van der Waals surface area (Å²) in [7, 11) is 0. The molecule has 4 rings (SSSR count). The Balaban J connectivity index is 1.51. The summed E-state index contributed by atoms with van der Waals surface area (Å²) in [6, 6.07) is 10.6. The number of carboxylic acid groups (broad SMARTS) is 2. The van der Waals surface area contributed by atoms with Crippen molar-refractivity contribution < 1.29 is 88.5 Å². The van der Waals surface area contributed by atoms with Gasteiger partial charge in [0.25, 0.3) is 0 Å². The molecule has 4 aromatic rings. The van der Waals surface area contributed by atoms with Crippen LogP contribution in [0.2, 0.25) is 0 Å². The Kier molecular flexibility index (Phi) is 26.7. The SMILES string of the molecule is CC[C@H](C)[C@H](NC(=O)[C@H](CO)NC(=O)CNC(=O)[C@H](Cc1ccc(O)cc1)NC(=O)[C@H](Cc1ccc(O)cc1)NC(=O)[C@H](CO)NC(=O)[C@H](C)N)C(=O)N[C@@H](Cc1ccccc1)C(=O)N[C@@H](CC(=O)O)C(=O)N[C@@H](Cc1ccc(O)cc1)C(=O)O. The molecule has 0 aliphatic carbocycles. The maximum atomic E-state index is 14.2. The number of carboxylic acids is 2. The summed E-state index contributed by atoms with van der Waals surface area (Å²) in [6.07, 6.45) is -1.86. The fourth-order valence-electron chi connectivity index (χ4n) is 8.20. The van der Waals surface area contributed by atoms with Gasteiger partial charge in [0.1, 0.15) is 65.6 Å². The van der Waals surface area contributed by atoms with E-state index in [9.17, 15) is 88.5 Å². The van der Waals surface area contributed by atoms with Gasteiger partial charge in [0.2, 0.25) is 53.2 Å². The smallest absolute Gasteiger partial charge is 0.326 e. The van der Waals surface area contributed by atoms with Gasteiger partial charge in [-0.15, -0.1) is 0 Å². The first-order valence-corrected chi connectivity index (χ1v) is 26.8. The number of phenolic OH excluding ortho intramolecular Hbond substituents is 3. The number of carbonyl (C=O) groups is 11. The van der Waals surface area contributed by atoms with Crippen LogP contribution in [-0.2, 0) is 78.4 Å². The van der Waals surface area contributed by atoms with Gasteiger partial charge in [-0.2, -0.15) is 0 Å². The van der Waals surface area contributed by atoms with E-state index in [1.54, 1.807) is 44.2 Å². The van der Waals surface area contributed by atoms with E-state index in [2.05, 4.69) is 47.9 Å². The Morgan fingerprint density at radius 3 is 1.20 bits per heavy atom. The summed E-state index contributed by atoms with van der Waals surface area (Å²) in [4.78, 5) is 147. The monoisotopic (exact) mass is 1180 g/mol. The molecule has 0 aliphatic rings. The van der Waals surface area contributed by atoms with Gasteiger partial charge >= 0.3 is 11.9 Å². The number of amides is 9. The maximum absolute atomic E-state index is 14.2. The van der Waals surface area contributed by atoms with Gasteiger partial charge in [0, 0.05) is 25.7 Å². The van der Waals surface area contributed by atoms with Crippen LogP contribution < -0.4 is 53.6 Å². The molecule has 0 radical (unpaired) electrons. The number of aliphatic carboxylic acids is 2. The standard InChI is InChI=1S/C57H72N10O18/c1-4-30(2)48(56(83)64-41(22-32-8-6-5-7-9-32)52(79)63-42(26-47(74)75)53(80)65-43(57(84)85)25-35-14-20-38(72)21-15-35)67-55(82)44(28-68)60-46(73)27-59-50(77)39(23-33-10-16-36(70)17-11-33)61-51(78)40(24-34-12-18-37(71)19-13-34)62-54(81)45(29-69)66-49(76)31(3)58/h5-21,30-31,39-45,48,68-72H,4,22-29,58H2,1-3H3,(H,59,77)(H,60,73)(H,61,78)(H,62,81)(H,63,79)(H,64,83)(H,65,80)(H,66,76)(H,67,82)(H,74,75)(H,84,85)/t30-,31-,39-,40-,41-,42-,43-,44-,45-,48-/m0/s1. The minimum atomic E-state index is -1.88. The van der Waals surface area contributed by atoms with Crippen molar-refractivity contribution in [3.8, 4) is 17.2 Å². The van der Waals surface area contributed by atoms with E-state index < -0.39 is 152 Å². The van der Waals surface area contributed by atoms with Crippen molar-refractivity contribution in [1.29, 1.82) is 0 Å². The average molecular weight is 1190 g/mol. The van der Waals surface area contributed by atoms with E-state index in [1.807, 2.05) is 0 Å². The third-order valence-corrected chi connectivity index (χ3v) is 13.2. The number of hydrogen-bond acceptors (Lipinski definition) is 17. The minimum absolute atomic E-state index is 0.105. The molecule has 0 unspecified atom stereocenters. The fraction of sp³-hybridized carbons (Fsp3) is 0.386. The zero-order valence-corrected chi connectivity index (χ0v) is 46.7. The van der Waals surface area contributed by atoms with Crippen molar-refractivity contribution in [2.75, 3.05) is 19.8 Å². The van der Waals surface area contributed by atoms with E-state index >= 15 is 0 Å². The molecule has 0 aliphatic heterocycles. The molecular formula is C57H72N10O18. The minimum Gasteiger partial charge on any atom is -0.508 e. The summed E-state index contributed by atoms with van der Waals surface area (Å²) in [5.74, 6) is -13.3. The second-order valence-corrected chi connectivity index (χ2v) is 20.0. The maximum Gasteiger partial charge on any atom is 0.326 e. The van der Waals surface area contributed by atoms with Crippen molar-refractivity contribution in [2.24, 2.45) is 11.7 Å². The predicted molar refractivity (Wildman–Crippen MR) is 301 cm³/mol. The quantitative estimate of drug-likeness (QED) is 0.0226. The van der Waals surface area contributed by atoms with Crippen LogP contribution in [0.3, 0.4) is 0 Å². The number of hydrogen-bond donors (Lipinski definition) is 17. The third kappa shape index (κ3) is 22.5. The Hall–Kier alpha value is -9.67. The van der Waals surface area contributed by atoms with E-state index in [-0.39, 0.29) is 49.4 Å². The summed E-state index contributed by atoms with van der Waals surface area (Å²) >= 11 is 0. The van der Waals surface area contributed by atoms with Crippen molar-refractivity contribution in [3.05, 3.63) is 125 Å². The molecule has 0 bridgehead atoms. The van der Waals surface area contributed by atoms with Crippen LogP contribution in [0.15, 0.2) is 103 Å². The Labute approximate surface area is 487 Å². The highest BCUT2D eigenvalue weighted by atomic mass is 16.4. The molecule has 458 valence electrons. The molecule has 4 aromatic carbocycles. The normalized spacial score (nSPS) is 14.5. The predicted octanol–water partition coefficient (Wildman–Crippen LogP) is -2.99. The first kappa shape index (κ1) is 67.8. The number of nitrogens with one attached hydrogen (secondary N) is 9. The lowest BCUT2D eigenvalue weighted by molar-refractivity contribution is -0.143. The van der Waals surface area contributed by atoms with E-state index in [4.69, 9.17) is 5.73 Å². The molecule has 10 atom stereocenters. The Morgan fingerprint density at radius 1 is 0.424 bits per heavy atom. The largest absolute Gasteiger partial charge is 0.508 e. The molecule has 0 aromatic heterocycles. The molecule has 0 fully saturated rings. The lowest BCUT2D eigenvalue weighted by atomic mass is 9.96. The number of aliphatic hydroxyl groups excluding tert-OH is 2. The lowest BCUT2D eigenvalue weighted by Crippen LogP contribution is -2.61. The van der Waals surface area contributed by atoms with Crippen LogP contribution in [0.4, 0.5) is 0 Å². The van der Waals surface area contributed by atoms with Crippen LogP contribution in [0, 0.1) is 5.92 Å². The lowest BCUT2D eigenvalue weighted by Gasteiger charge is -2.29. The van der Waals surface area contributed by atoms with Crippen molar-refractivity contribution >= 4 is 65.1 Å². The summed E-state index contributed by atoms with van der Waals surface area (Å²) < 4.78 is 0. The van der Waals surface area contributed by atoms with Gasteiger partial charge in [0.05, 0.1) is 32.2 Å². The number of phenols is 3. The Bertz CT molecular complexity index is 2950. The zero-order chi connectivity index (χ0) is 62.9. The summed E-state index contributed by atoms with van der Waals surface area (Å²) in [5.41, 5.74) is 7.28. The van der Waals surface area contributed by atoms with Gasteiger partial charge in [-0.1, -0.05) is 87.0 Å². The molecule has 28 heteroatoms. The number of nitrogens with two attached hydrogens (primary N) is 1. The number of benzene rings is 4. The molecular weight excluding hydrogens is 1110 g/mol. The highest BCUT2D eigenvalue weighted by Crippen LogP contribution is 2.16. The Morgan fingerprint density at radius 2 is 0.776 bits per heavy atom. The van der Waals surface area contributed by atoms with E-state index in [0.717, 1.165) is 0 Å². The van der Waals surface area contributed by atoms with Gasteiger partial charge in [-0.05, 0) is 71.5 Å². The summed E-state index contributed by atoms with van der Waals surface area (Å²) in [6.45, 7) is 1.74. The molecule has 0 spiro atoms. The van der Waals surface area contributed by atoms with Crippen molar-refractivity contribution in [2.45, 2.75) is 114 Å². The number of carbonyl (C=O) groups excluding carboxylic acids is 9. The molecule has 0 saturated carbocycles. The molecule has 28 nitrogen and oxygen atoms in total. The van der Waals surface area contributed by atoms with Gasteiger partial charge in [0.15, 0.2) is 0 Å². The topological polar surface area (TPSA) is 464 Å². The van der Waals surface area contributed by atoms with Gasteiger partial charge < -0.3 is 89.3 Å². The van der Waals surface area contributed by atoms with Crippen LogP contribution in [0.1, 0.15) is 55.9 Å². The van der Waals surface area contributed by atoms with E-state index in [0.29, 0.717) is 22.3 Å². The van der Waals surface area contributed by atoms with Gasteiger partial charge in [-0.25, -0.2) is 4.79 Å². The molecule has 85 heavy (non-hydrogen) atoms. The highest BCUT2D eigenvalue weighted by Gasteiger charge is 2.36. The highest BCUT2D eigenvalue weighted by molar-refractivity contribution is 5.99. The number of aliphatic hydroxyl groups is 2. The van der Waals surface area contributed by atoms with Crippen LogP contribution >= 0.6 is 0 Å². The average Bonchev–Trinajstić information content (AvgIpc) is 3.67. The fourth-order valence-corrected chi connectivity index (χ4v) is 8.20. The van der Waals surface area contributed by atoms with Crippen molar-refractivity contribution in [1.82, 2.24) is 47.9 Å².